The van der Waals surface area contributed by atoms with Gasteiger partial charge in [-0.05, 0) is 118 Å². The predicted octanol–water partition coefficient (Wildman–Crippen LogP) is 7.40. The van der Waals surface area contributed by atoms with Crippen LogP contribution < -0.4 is 18.9 Å². The number of hydrogen-bond acceptors (Lipinski definition) is 10. The van der Waals surface area contributed by atoms with E-state index < -0.39 is 17.9 Å². The molecule has 1 heterocycles. The van der Waals surface area contributed by atoms with Crippen LogP contribution in [-0.2, 0) is 19.0 Å². The zero-order valence-electron chi connectivity index (χ0n) is 28.2. The highest BCUT2D eigenvalue weighted by Gasteiger charge is 2.36. The highest BCUT2D eigenvalue weighted by atomic mass is 16.5. The molecule has 3 aromatic rings. The van der Waals surface area contributed by atoms with Crippen LogP contribution in [0.3, 0.4) is 0 Å². The largest absolute Gasteiger partial charge is 0.494 e. The van der Waals surface area contributed by atoms with Gasteiger partial charge in [-0.3, -0.25) is 0 Å². The first-order valence-electron chi connectivity index (χ1n) is 16.8. The second-order valence-corrected chi connectivity index (χ2v) is 11.9. The van der Waals surface area contributed by atoms with Crippen molar-refractivity contribution in [1.29, 1.82) is 0 Å². The van der Waals surface area contributed by atoms with Gasteiger partial charge in [0, 0.05) is 18.1 Å². The van der Waals surface area contributed by atoms with E-state index in [1.54, 1.807) is 72.8 Å². The second kappa shape index (κ2) is 20.0. The highest BCUT2D eigenvalue weighted by Crippen LogP contribution is 2.31. The van der Waals surface area contributed by atoms with Crippen LogP contribution >= 0.6 is 0 Å². The highest BCUT2D eigenvalue weighted by molar-refractivity contribution is 5.92. The van der Waals surface area contributed by atoms with Crippen LogP contribution in [0.5, 0.6) is 23.0 Å². The first-order chi connectivity index (χ1) is 23.9. The molecule has 0 unspecified atom stereocenters. The van der Waals surface area contributed by atoms with Crippen molar-refractivity contribution >= 4 is 17.9 Å². The van der Waals surface area contributed by atoms with Crippen molar-refractivity contribution in [3.8, 4) is 23.0 Å². The Hall–Kier alpha value is -4.67. The molecule has 1 aliphatic heterocycles. The normalized spacial score (nSPS) is 13.1. The van der Waals surface area contributed by atoms with E-state index in [1.807, 2.05) is 0 Å². The van der Waals surface area contributed by atoms with Crippen molar-refractivity contribution in [2.45, 2.75) is 51.9 Å². The lowest BCUT2D eigenvalue weighted by atomic mass is 9.84. The average molecular weight is 675 g/mol. The second-order valence-electron chi connectivity index (χ2n) is 11.9. The van der Waals surface area contributed by atoms with E-state index >= 15 is 0 Å². The summed E-state index contributed by atoms with van der Waals surface area (Å²) in [6.45, 7) is 10.1. The van der Waals surface area contributed by atoms with Crippen LogP contribution in [0.15, 0.2) is 85.5 Å². The summed E-state index contributed by atoms with van der Waals surface area (Å²) in [7, 11) is 0. The van der Waals surface area contributed by atoms with Gasteiger partial charge in [-0.1, -0.05) is 13.5 Å². The first-order valence-corrected chi connectivity index (χ1v) is 16.8. The molecular formula is C39H46O10. The zero-order valence-corrected chi connectivity index (χ0v) is 28.2. The van der Waals surface area contributed by atoms with Crippen LogP contribution in [0.25, 0.3) is 0 Å². The van der Waals surface area contributed by atoms with E-state index in [0.29, 0.717) is 60.6 Å². The molecule has 10 heteroatoms. The van der Waals surface area contributed by atoms with Gasteiger partial charge in [0.1, 0.15) is 23.0 Å². The monoisotopic (exact) mass is 674 g/mol. The molecule has 0 spiro atoms. The van der Waals surface area contributed by atoms with E-state index in [2.05, 4.69) is 13.5 Å². The molecular weight excluding hydrogens is 628 g/mol. The molecule has 0 saturated carbocycles. The molecule has 1 saturated heterocycles. The first kappa shape index (κ1) is 37.2. The molecule has 0 aliphatic carbocycles. The number of hydrogen-bond donors (Lipinski definition) is 0. The number of esters is 3. The van der Waals surface area contributed by atoms with Gasteiger partial charge in [0.25, 0.3) is 0 Å². The molecule has 0 amide bonds. The fraction of sp³-hybridized carbons (Fsp3) is 0.410. The third-order valence-electron chi connectivity index (χ3n) is 8.07. The summed E-state index contributed by atoms with van der Waals surface area (Å²) in [6.07, 6.45) is 7.55. The summed E-state index contributed by atoms with van der Waals surface area (Å²) < 4.78 is 38.6. The summed E-state index contributed by atoms with van der Waals surface area (Å²) in [5.74, 6) is 0.534. The van der Waals surface area contributed by atoms with Crippen LogP contribution in [0.4, 0.5) is 0 Å². The number of rotatable bonds is 22. The van der Waals surface area contributed by atoms with Gasteiger partial charge in [-0.15, -0.1) is 0 Å². The van der Waals surface area contributed by atoms with Gasteiger partial charge in [0.2, 0.25) is 0 Å². The topological polar surface area (TPSA) is 116 Å². The van der Waals surface area contributed by atoms with E-state index in [9.17, 15) is 14.4 Å². The van der Waals surface area contributed by atoms with Gasteiger partial charge < -0.3 is 33.2 Å². The molecule has 3 aromatic carbocycles. The summed E-state index contributed by atoms with van der Waals surface area (Å²) in [5, 5.41) is 0. The maximum absolute atomic E-state index is 12.6. The molecule has 0 radical (unpaired) electrons. The Morgan fingerprint density at radius 2 is 1.10 bits per heavy atom. The maximum atomic E-state index is 12.6. The minimum atomic E-state index is -0.520. The summed E-state index contributed by atoms with van der Waals surface area (Å²) in [6, 6.07) is 19.8. The van der Waals surface area contributed by atoms with Crippen LogP contribution in [0.1, 0.15) is 72.6 Å². The third kappa shape index (κ3) is 12.7. The molecule has 10 nitrogen and oxygen atoms in total. The van der Waals surface area contributed by atoms with Crippen molar-refractivity contribution in [3.05, 3.63) is 96.6 Å². The minimum absolute atomic E-state index is 0.208. The Kier molecular flexibility index (Phi) is 15.2. The van der Waals surface area contributed by atoms with Crippen molar-refractivity contribution in [2.24, 2.45) is 5.41 Å². The molecule has 1 aliphatic rings. The molecule has 0 atom stereocenters. The predicted molar refractivity (Wildman–Crippen MR) is 183 cm³/mol. The van der Waals surface area contributed by atoms with Crippen molar-refractivity contribution < 1.29 is 47.5 Å². The molecule has 262 valence electrons. The number of benzene rings is 3. The van der Waals surface area contributed by atoms with E-state index in [-0.39, 0.29) is 5.41 Å². The van der Waals surface area contributed by atoms with E-state index in [1.165, 1.54) is 0 Å². The fourth-order valence-corrected chi connectivity index (χ4v) is 4.83. The standard InChI is InChI=1S/C39H46O10/c1-3-36(40)47-26-8-6-5-7-24-45-32-15-11-30(12-16-32)37(41)48-34-19-21-35(22-20-34)49-38(42)31-13-17-33(18-14-31)46-25-10-9-23-43-27-39(4-2)28-44-29-39/h3,11-22H,1,4-10,23-29H2,2H3. The lowest BCUT2D eigenvalue weighted by molar-refractivity contribution is -0.150. The van der Waals surface area contributed by atoms with Gasteiger partial charge in [-0.25, -0.2) is 14.4 Å². The van der Waals surface area contributed by atoms with Crippen molar-refractivity contribution in [1.82, 2.24) is 0 Å². The van der Waals surface area contributed by atoms with Gasteiger partial charge in [-0.2, -0.15) is 0 Å². The van der Waals surface area contributed by atoms with Crippen molar-refractivity contribution in [2.75, 3.05) is 46.2 Å². The maximum Gasteiger partial charge on any atom is 0.343 e. The molecule has 0 bridgehead atoms. The van der Waals surface area contributed by atoms with Gasteiger partial charge in [0.15, 0.2) is 0 Å². The number of carbonyl (C=O) groups is 3. The lowest BCUT2D eigenvalue weighted by Crippen LogP contribution is -2.45. The summed E-state index contributed by atoms with van der Waals surface area (Å²) in [5.41, 5.74) is 0.968. The molecule has 0 N–H and O–H groups in total. The molecule has 49 heavy (non-hydrogen) atoms. The number of carbonyl (C=O) groups excluding carboxylic acids is 3. The SMILES string of the molecule is C=CC(=O)OCCCCCCOc1ccc(C(=O)Oc2ccc(OC(=O)c3ccc(OCCCCOCC4(CC)COC4)cc3)cc2)cc1. The summed E-state index contributed by atoms with van der Waals surface area (Å²) >= 11 is 0. The molecule has 0 aromatic heterocycles. The molecule has 4 rings (SSSR count). The zero-order chi connectivity index (χ0) is 34.7. The van der Waals surface area contributed by atoms with E-state index in [4.69, 9.17) is 33.2 Å². The Morgan fingerprint density at radius 3 is 1.55 bits per heavy atom. The van der Waals surface area contributed by atoms with Crippen molar-refractivity contribution in [3.63, 3.8) is 0 Å². The fourth-order valence-electron chi connectivity index (χ4n) is 4.83. The Morgan fingerprint density at radius 1 is 0.653 bits per heavy atom. The van der Waals surface area contributed by atoms with E-state index in [0.717, 1.165) is 70.8 Å². The quantitative estimate of drug-likeness (QED) is 0.0462. The Balaban J connectivity index is 1.09. The average Bonchev–Trinajstić information content (AvgIpc) is 3.11. The van der Waals surface area contributed by atoms with Crippen LogP contribution in [-0.4, -0.2) is 64.2 Å². The van der Waals surface area contributed by atoms with Crippen LogP contribution in [0.2, 0.25) is 0 Å². The Labute approximate surface area is 288 Å². The number of unbranched alkanes of at least 4 members (excludes halogenated alkanes) is 4. The minimum Gasteiger partial charge on any atom is -0.494 e. The third-order valence-corrected chi connectivity index (χ3v) is 8.07. The lowest BCUT2D eigenvalue weighted by Gasteiger charge is -2.40. The van der Waals surface area contributed by atoms with Gasteiger partial charge in [0.05, 0.1) is 50.8 Å². The number of ether oxygens (including phenoxy) is 7. The molecule has 1 fully saturated rings. The Bertz CT molecular complexity index is 1460. The van der Waals surface area contributed by atoms with Gasteiger partial charge >= 0.3 is 17.9 Å². The smallest absolute Gasteiger partial charge is 0.343 e. The van der Waals surface area contributed by atoms with Crippen LogP contribution in [0, 0.1) is 5.41 Å². The summed E-state index contributed by atoms with van der Waals surface area (Å²) in [4.78, 5) is 36.3.